The number of nitrogens with one attached hydrogen (secondary N) is 2. The Hall–Kier alpha value is -4.46. The third-order valence-corrected chi connectivity index (χ3v) is 5.57. The molecule has 0 aliphatic rings. The molecule has 0 bridgehead atoms. The third kappa shape index (κ3) is 6.36. The van der Waals surface area contributed by atoms with Crippen LogP contribution in [0, 0.1) is 11.3 Å². The summed E-state index contributed by atoms with van der Waals surface area (Å²) in [7, 11) is -1.74. The number of rotatable bonds is 9. The number of benzene rings is 2. The van der Waals surface area contributed by atoms with Gasteiger partial charge in [-0.2, -0.15) is 5.26 Å². The summed E-state index contributed by atoms with van der Waals surface area (Å²) in [4.78, 5) is 20.6. The Morgan fingerprint density at radius 2 is 1.94 bits per heavy atom. The molecule has 10 heteroatoms. The Morgan fingerprint density at radius 1 is 1.14 bits per heavy atom. The lowest BCUT2D eigenvalue weighted by atomic mass is 9.76. The van der Waals surface area contributed by atoms with Crippen LogP contribution in [0.2, 0.25) is 0 Å². The van der Waals surface area contributed by atoms with Crippen LogP contribution in [0.15, 0.2) is 77.7 Å². The second kappa shape index (κ2) is 11.8. The van der Waals surface area contributed by atoms with Gasteiger partial charge in [0.15, 0.2) is 5.82 Å². The van der Waals surface area contributed by atoms with E-state index in [9.17, 15) is 20.1 Å². The summed E-state index contributed by atoms with van der Waals surface area (Å²) in [6, 6.07) is 18.3. The van der Waals surface area contributed by atoms with Crippen molar-refractivity contribution in [3.05, 3.63) is 95.8 Å². The molecular formula is C26H24BN5O4. The molecule has 1 atom stereocenters. The molecule has 0 spiro atoms. The maximum atomic E-state index is 12.4. The fraction of sp³-hybridized carbons (Fsp3) is 0.154. The topological polar surface area (TPSA) is 144 Å². The van der Waals surface area contributed by atoms with Gasteiger partial charge < -0.3 is 25.1 Å². The molecule has 0 fully saturated rings. The number of nitrogens with zero attached hydrogens (tertiary/aromatic N) is 3. The van der Waals surface area contributed by atoms with Gasteiger partial charge in [0.2, 0.25) is 0 Å². The number of amides is 2. The van der Waals surface area contributed by atoms with Crippen LogP contribution in [-0.4, -0.2) is 45.7 Å². The van der Waals surface area contributed by atoms with Gasteiger partial charge in [-0.15, -0.1) is 0 Å². The van der Waals surface area contributed by atoms with Crippen LogP contribution >= 0.6 is 0 Å². The molecule has 4 rings (SSSR count). The number of urea groups is 1. The summed E-state index contributed by atoms with van der Waals surface area (Å²) < 4.78 is 5.49. The highest BCUT2D eigenvalue weighted by Crippen LogP contribution is 2.22. The van der Waals surface area contributed by atoms with Crippen LogP contribution in [0.25, 0.3) is 22.6 Å². The third-order valence-electron chi connectivity index (χ3n) is 5.57. The van der Waals surface area contributed by atoms with Gasteiger partial charge in [-0.25, -0.2) is 14.8 Å². The Kier molecular flexibility index (Phi) is 8.08. The van der Waals surface area contributed by atoms with Crippen molar-refractivity contribution in [3.8, 4) is 6.07 Å². The maximum absolute atomic E-state index is 12.4. The van der Waals surface area contributed by atoms with Crippen molar-refractivity contribution in [2.75, 3.05) is 6.54 Å². The molecule has 0 radical (unpaired) electrons. The predicted molar refractivity (Wildman–Crippen MR) is 136 cm³/mol. The number of hydrogen-bond donors (Lipinski definition) is 4. The predicted octanol–water partition coefficient (Wildman–Crippen LogP) is 2.75. The monoisotopic (exact) mass is 481 g/mol. The lowest BCUT2D eigenvalue weighted by Gasteiger charge is -2.18. The van der Waals surface area contributed by atoms with E-state index in [0.29, 0.717) is 29.9 Å². The van der Waals surface area contributed by atoms with Crippen LogP contribution in [0.1, 0.15) is 22.5 Å². The van der Waals surface area contributed by atoms with Crippen LogP contribution in [-0.2, 0) is 12.8 Å². The van der Waals surface area contributed by atoms with E-state index in [4.69, 9.17) is 4.42 Å². The maximum Gasteiger partial charge on any atom is 0.475 e. The lowest BCUT2D eigenvalue weighted by Crippen LogP contribution is -2.51. The van der Waals surface area contributed by atoms with E-state index in [2.05, 4.69) is 26.7 Å². The zero-order chi connectivity index (χ0) is 25.3. The first-order chi connectivity index (χ1) is 17.5. The molecular weight excluding hydrogens is 457 g/mol. The molecule has 36 heavy (non-hydrogen) atoms. The molecule has 2 amide bonds. The Bertz CT molecular complexity index is 1400. The molecule has 9 nitrogen and oxygen atoms in total. The first kappa shape index (κ1) is 24.7. The van der Waals surface area contributed by atoms with Crippen molar-refractivity contribution in [2.24, 2.45) is 0 Å². The molecule has 4 aromatic rings. The number of furan rings is 1. The molecule has 2 heterocycles. The summed E-state index contributed by atoms with van der Waals surface area (Å²) >= 11 is 0. The minimum absolute atomic E-state index is 0.197. The van der Waals surface area contributed by atoms with Gasteiger partial charge in [-0.05, 0) is 47.7 Å². The zero-order valence-electron chi connectivity index (χ0n) is 19.3. The van der Waals surface area contributed by atoms with Crippen molar-refractivity contribution in [3.63, 3.8) is 0 Å². The van der Waals surface area contributed by atoms with Gasteiger partial charge in [-0.1, -0.05) is 42.5 Å². The Balaban J connectivity index is 1.33. The fourth-order valence-corrected chi connectivity index (χ4v) is 3.79. The number of nitriles is 1. The SMILES string of the molecule is N#CC(=Cc1cccc(CCNC(=O)N[C@@H](Cc2coc3ccccc23)B(O)O)c1)c1ncccn1. The summed E-state index contributed by atoms with van der Waals surface area (Å²) in [5.41, 5.74) is 3.59. The van der Waals surface area contributed by atoms with E-state index in [1.807, 2.05) is 48.5 Å². The number of fused-ring (bicyclic) bond motifs is 1. The van der Waals surface area contributed by atoms with Crippen molar-refractivity contribution < 1.29 is 19.3 Å². The van der Waals surface area contributed by atoms with Crippen molar-refractivity contribution in [1.82, 2.24) is 20.6 Å². The normalized spacial score (nSPS) is 12.1. The lowest BCUT2D eigenvalue weighted by molar-refractivity contribution is 0.237. The van der Waals surface area contributed by atoms with E-state index in [1.165, 1.54) is 0 Å². The number of hydrogen-bond acceptors (Lipinski definition) is 7. The van der Waals surface area contributed by atoms with E-state index >= 15 is 0 Å². The fourth-order valence-electron chi connectivity index (χ4n) is 3.79. The average Bonchev–Trinajstić information content (AvgIpc) is 3.30. The van der Waals surface area contributed by atoms with Crippen LogP contribution < -0.4 is 10.6 Å². The van der Waals surface area contributed by atoms with E-state index < -0.39 is 19.1 Å². The summed E-state index contributed by atoms with van der Waals surface area (Å²) in [6.45, 7) is 0.328. The Morgan fingerprint density at radius 3 is 2.72 bits per heavy atom. The van der Waals surface area contributed by atoms with Gasteiger partial charge in [0, 0.05) is 24.3 Å². The highest BCUT2D eigenvalue weighted by molar-refractivity contribution is 6.43. The number of para-hydroxylation sites is 1. The van der Waals surface area contributed by atoms with Crippen LogP contribution in [0.5, 0.6) is 0 Å². The Labute approximate surface area is 208 Å². The summed E-state index contributed by atoms with van der Waals surface area (Å²) in [5.74, 6) is -0.558. The second-order valence-corrected chi connectivity index (χ2v) is 8.12. The zero-order valence-corrected chi connectivity index (χ0v) is 19.3. The summed E-state index contributed by atoms with van der Waals surface area (Å²) in [5, 5.41) is 35.3. The minimum atomic E-state index is -1.74. The van der Waals surface area contributed by atoms with Crippen molar-refractivity contribution >= 4 is 35.8 Å². The summed E-state index contributed by atoms with van der Waals surface area (Å²) in [6.07, 6.45) is 7.17. The van der Waals surface area contributed by atoms with E-state index in [1.54, 1.807) is 30.8 Å². The number of allylic oxidation sites excluding steroid dienone is 1. The van der Waals surface area contributed by atoms with Crippen molar-refractivity contribution in [2.45, 2.75) is 18.8 Å². The molecule has 0 saturated carbocycles. The standard InChI is InChI=1S/C26H24BN5O4/c28-16-20(25-29-10-4-11-30-25)14-19-6-3-5-18(13-19)9-12-31-26(33)32-24(27(34)35)15-21-17-36-23-8-2-1-7-22(21)23/h1-8,10-11,13-14,17,24,34-35H,9,12,15H2,(H2,31,32,33)/t24-/m0/s1. The first-order valence-corrected chi connectivity index (χ1v) is 11.4. The number of carbonyl (C=O) groups is 1. The second-order valence-electron chi connectivity index (χ2n) is 8.12. The average molecular weight is 481 g/mol. The minimum Gasteiger partial charge on any atom is -0.464 e. The van der Waals surface area contributed by atoms with Gasteiger partial charge in [0.25, 0.3) is 0 Å². The quantitative estimate of drug-likeness (QED) is 0.213. The van der Waals surface area contributed by atoms with E-state index in [0.717, 1.165) is 22.1 Å². The van der Waals surface area contributed by atoms with Gasteiger partial charge in [0.05, 0.1) is 17.8 Å². The highest BCUT2D eigenvalue weighted by atomic mass is 16.4. The molecule has 180 valence electrons. The first-order valence-electron chi connectivity index (χ1n) is 11.4. The molecule has 2 aromatic carbocycles. The van der Waals surface area contributed by atoms with Crippen molar-refractivity contribution in [1.29, 1.82) is 5.26 Å². The molecule has 0 aliphatic carbocycles. The van der Waals surface area contributed by atoms with Gasteiger partial charge in [-0.3, -0.25) is 0 Å². The van der Waals surface area contributed by atoms with Gasteiger partial charge in [0.1, 0.15) is 11.7 Å². The molecule has 4 N–H and O–H groups in total. The largest absolute Gasteiger partial charge is 0.475 e. The number of carbonyl (C=O) groups excluding carboxylic acids is 1. The molecule has 0 unspecified atom stereocenters. The molecule has 0 saturated heterocycles. The molecule has 0 aliphatic heterocycles. The van der Waals surface area contributed by atoms with Gasteiger partial charge >= 0.3 is 13.1 Å². The number of aromatic nitrogens is 2. The smallest absolute Gasteiger partial charge is 0.464 e. The highest BCUT2D eigenvalue weighted by Gasteiger charge is 2.26. The van der Waals surface area contributed by atoms with E-state index in [-0.39, 0.29) is 6.42 Å². The molecule has 2 aromatic heterocycles. The van der Waals surface area contributed by atoms with Crippen LogP contribution in [0.4, 0.5) is 4.79 Å². The van der Waals surface area contributed by atoms with Crippen LogP contribution in [0.3, 0.4) is 0 Å².